The zero-order chi connectivity index (χ0) is 38.2. The van der Waals surface area contributed by atoms with Gasteiger partial charge in [0.05, 0.1) is 25.9 Å². The lowest BCUT2D eigenvalue weighted by Gasteiger charge is -2.35. The molecule has 3 heterocycles. The van der Waals surface area contributed by atoms with E-state index < -0.39 is 17.6 Å². The van der Waals surface area contributed by atoms with Crippen molar-refractivity contribution >= 4 is 52.7 Å². The number of methoxy groups -OCH3 is 1. The minimum absolute atomic E-state index is 0.126. The molecule has 0 aliphatic carbocycles. The van der Waals surface area contributed by atoms with Gasteiger partial charge >= 0.3 is 12.1 Å². The molecule has 6 rings (SSSR count). The highest BCUT2D eigenvalue weighted by molar-refractivity contribution is 5.96. The van der Waals surface area contributed by atoms with Gasteiger partial charge in [0.15, 0.2) is 5.69 Å². The molecular formula is C39H43FN10O4. The number of amides is 1. The molecule has 2 aliphatic heterocycles. The van der Waals surface area contributed by atoms with E-state index in [9.17, 15) is 14.0 Å². The van der Waals surface area contributed by atoms with Crippen LogP contribution in [0.1, 0.15) is 37.5 Å². The second kappa shape index (κ2) is 16.7. The highest BCUT2D eigenvalue weighted by Gasteiger charge is 2.26. The summed E-state index contributed by atoms with van der Waals surface area (Å²) in [5, 5.41) is 9.62. The standard InChI is InChI=1S/C39H43FN10O4/c1-39(2,3)54-38(52)50-17-15-49(16-18-50)24-26-7-6-8-30(19-26)44-36-46-35(42-23-31-21-27-11-12-28(40)22-32(27)43-31)47-37(48-36)45-33(34(51)53-5)20-25-9-13-29(41-4)14-10-25/h6-14,19,22,33H,15-18,20-21,23-24H2,1-3,5H3,(H3,42,44,45,46,47,48)/t33-/m1/s1. The molecule has 1 amide bonds. The maximum Gasteiger partial charge on any atom is 0.410 e. The summed E-state index contributed by atoms with van der Waals surface area (Å²) in [5.41, 5.74) is 4.89. The number of fused-ring (bicyclic) bond motifs is 1. The Kier molecular flexibility index (Phi) is 11.6. The molecule has 4 aromatic rings. The number of nitrogens with one attached hydrogen (secondary N) is 3. The maximum absolute atomic E-state index is 13.8. The predicted molar refractivity (Wildman–Crippen MR) is 204 cm³/mol. The molecule has 3 N–H and O–H groups in total. The van der Waals surface area contributed by atoms with E-state index in [1.54, 1.807) is 35.2 Å². The lowest BCUT2D eigenvalue weighted by Crippen LogP contribution is -2.49. The molecule has 1 aromatic heterocycles. The van der Waals surface area contributed by atoms with Crippen LogP contribution in [0.15, 0.2) is 71.7 Å². The summed E-state index contributed by atoms with van der Waals surface area (Å²) in [6.07, 6.45) is 0.518. The van der Waals surface area contributed by atoms with Gasteiger partial charge in [-0.2, -0.15) is 15.0 Å². The van der Waals surface area contributed by atoms with Gasteiger partial charge in [0, 0.05) is 57.0 Å². The quantitative estimate of drug-likeness (QED) is 0.111. The number of esters is 1. The summed E-state index contributed by atoms with van der Waals surface area (Å²) in [5.74, 6) is -0.284. The number of aromatic nitrogens is 3. The van der Waals surface area contributed by atoms with Crippen molar-refractivity contribution in [2.45, 2.75) is 51.8 Å². The Hall–Kier alpha value is -6.14. The third-order valence-electron chi connectivity index (χ3n) is 8.71. The average Bonchev–Trinajstić information content (AvgIpc) is 3.55. The predicted octanol–water partition coefficient (Wildman–Crippen LogP) is 6.29. The molecule has 54 heavy (non-hydrogen) atoms. The Morgan fingerprint density at radius 2 is 1.69 bits per heavy atom. The third-order valence-corrected chi connectivity index (χ3v) is 8.71. The van der Waals surface area contributed by atoms with Crippen LogP contribution < -0.4 is 16.0 Å². The summed E-state index contributed by atoms with van der Waals surface area (Å²) in [6.45, 7) is 16.4. The monoisotopic (exact) mass is 734 g/mol. The van der Waals surface area contributed by atoms with Crippen LogP contribution in [0, 0.1) is 12.4 Å². The van der Waals surface area contributed by atoms with E-state index in [0.29, 0.717) is 57.1 Å². The normalized spacial score (nSPS) is 14.7. The summed E-state index contributed by atoms with van der Waals surface area (Å²) >= 11 is 0. The van der Waals surface area contributed by atoms with Crippen LogP contribution >= 0.6 is 0 Å². The van der Waals surface area contributed by atoms with E-state index in [1.165, 1.54) is 19.2 Å². The number of anilines is 4. The average molecular weight is 735 g/mol. The number of piperazine rings is 1. The number of benzene rings is 3. The van der Waals surface area contributed by atoms with E-state index in [2.05, 4.69) is 45.6 Å². The smallest absolute Gasteiger partial charge is 0.410 e. The molecule has 0 unspecified atom stereocenters. The van der Waals surface area contributed by atoms with Crippen LogP contribution in [0.5, 0.6) is 0 Å². The van der Waals surface area contributed by atoms with Gasteiger partial charge in [-0.1, -0.05) is 42.5 Å². The van der Waals surface area contributed by atoms with Crippen LogP contribution in [0.2, 0.25) is 0 Å². The van der Waals surface area contributed by atoms with Crippen molar-refractivity contribution in [1.29, 1.82) is 0 Å². The number of aliphatic imine (C=N–C) groups is 1. The number of nitrogens with zero attached hydrogens (tertiary/aromatic N) is 7. The fourth-order valence-corrected chi connectivity index (χ4v) is 6.06. The van der Waals surface area contributed by atoms with Gasteiger partial charge in [0.25, 0.3) is 0 Å². The summed E-state index contributed by atoms with van der Waals surface area (Å²) < 4.78 is 24.4. The lowest BCUT2D eigenvalue weighted by atomic mass is 10.1. The van der Waals surface area contributed by atoms with Crippen LogP contribution in [0.3, 0.4) is 0 Å². The highest BCUT2D eigenvalue weighted by atomic mass is 19.1. The fraction of sp³-hybridized carbons (Fsp3) is 0.359. The Balaban J connectivity index is 1.18. The van der Waals surface area contributed by atoms with Crippen molar-refractivity contribution in [2.75, 3.05) is 55.8 Å². The molecule has 0 spiro atoms. The number of carbonyl (C=O) groups is 2. The summed E-state index contributed by atoms with van der Waals surface area (Å²) in [6, 6.07) is 18.6. The largest absolute Gasteiger partial charge is 0.467 e. The van der Waals surface area contributed by atoms with Gasteiger partial charge in [-0.15, -0.1) is 0 Å². The van der Waals surface area contributed by atoms with E-state index in [4.69, 9.17) is 16.0 Å². The summed E-state index contributed by atoms with van der Waals surface area (Å²) in [4.78, 5) is 51.3. The molecular weight excluding hydrogens is 691 g/mol. The number of hydrogen-bond acceptors (Lipinski definition) is 12. The highest BCUT2D eigenvalue weighted by Crippen LogP contribution is 2.28. The van der Waals surface area contributed by atoms with Crippen molar-refractivity contribution in [3.05, 3.63) is 101 Å². The van der Waals surface area contributed by atoms with E-state index in [1.807, 2.05) is 45.0 Å². The molecule has 0 radical (unpaired) electrons. The molecule has 1 fully saturated rings. The number of rotatable bonds is 12. The molecule has 0 bridgehead atoms. The van der Waals surface area contributed by atoms with Crippen LogP contribution in [-0.4, -0.2) is 94.0 Å². The number of ether oxygens (including phenoxy) is 2. The van der Waals surface area contributed by atoms with Crippen LogP contribution in [0.4, 0.5) is 44.1 Å². The minimum Gasteiger partial charge on any atom is -0.467 e. The van der Waals surface area contributed by atoms with Crippen molar-refractivity contribution in [1.82, 2.24) is 24.8 Å². The van der Waals surface area contributed by atoms with Crippen molar-refractivity contribution in [3.63, 3.8) is 0 Å². The molecule has 15 heteroatoms. The zero-order valence-corrected chi connectivity index (χ0v) is 30.7. The van der Waals surface area contributed by atoms with Crippen LogP contribution in [0.25, 0.3) is 4.85 Å². The molecule has 1 saturated heterocycles. The number of carbonyl (C=O) groups excluding carboxylic acids is 2. The van der Waals surface area contributed by atoms with Gasteiger partial charge in [-0.05, 0) is 61.7 Å². The topological polar surface area (TPSA) is 151 Å². The summed E-state index contributed by atoms with van der Waals surface area (Å²) in [7, 11) is 1.31. The van der Waals surface area contributed by atoms with Gasteiger partial charge in [0.1, 0.15) is 17.5 Å². The molecule has 0 saturated carbocycles. The van der Waals surface area contributed by atoms with Crippen molar-refractivity contribution in [2.24, 2.45) is 4.99 Å². The lowest BCUT2D eigenvalue weighted by molar-refractivity contribution is -0.141. The molecule has 1 atom stereocenters. The Morgan fingerprint density at radius 3 is 2.41 bits per heavy atom. The first-order chi connectivity index (χ1) is 25.9. The van der Waals surface area contributed by atoms with Gasteiger partial charge < -0.3 is 30.3 Å². The second-order valence-electron chi connectivity index (χ2n) is 14.1. The van der Waals surface area contributed by atoms with Gasteiger partial charge in [-0.3, -0.25) is 9.89 Å². The Morgan fingerprint density at radius 1 is 0.944 bits per heavy atom. The first-order valence-corrected chi connectivity index (χ1v) is 17.6. The molecule has 3 aromatic carbocycles. The van der Waals surface area contributed by atoms with E-state index in [-0.39, 0.29) is 36.2 Å². The Bertz CT molecular complexity index is 2050. The molecule has 14 nitrogen and oxygen atoms in total. The van der Waals surface area contributed by atoms with Crippen LogP contribution in [-0.2, 0) is 33.7 Å². The number of hydrogen-bond donors (Lipinski definition) is 3. The minimum atomic E-state index is -0.848. The zero-order valence-electron chi connectivity index (χ0n) is 30.7. The molecule has 2 aliphatic rings. The molecule has 280 valence electrons. The van der Waals surface area contributed by atoms with E-state index in [0.717, 1.165) is 28.1 Å². The third kappa shape index (κ3) is 10.3. The van der Waals surface area contributed by atoms with Gasteiger partial charge in [-0.25, -0.2) is 18.8 Å². The first kappa shape index (κ1) is 37.6. The van der Waals surface area contributed by atoms with Crippen molar-refractivity contribution < 1.29 is 23.5 Å². The Labute approximate surface area is 313 Å². The fourth-order valence-electron chi connectivity index (χ4n) is 6.06. The second-order valence-corrected chi connectivity index (χ2v) is 14.1. The van der Waals surface area contributed by atoms with Crippen molar-refractivity contribution in [3.8, 4) is 0 Å². The number of halogens is 1. The first-order valence-electron chi connectivity index (χ1n) is 17.6. The van der Waals surface area contributed by atoms with Gasteiger partial charge in [0.2, 0.25) is 17.8 Å². The van der Waals surface area contributed by atoms with E-state index >= 15 is 0 Å². The SMILES string of the molecule is [C-]#[N+]c1ccc(C[C@@H](Nc2nc(NCC3=Nc4cc(F)ccc4C3)nc(Nc3cccc(CN4CCN(C(=O)OC(C)(C)C)CC4)c3)n2)C(=O)OC)cc1. The maximum atomic E-state index is 13.8.